The van der Waals surface area contributed by atoms with Crippen LogP contribution in [0.15, 0.2) is 72.8 Å². The number of hydrogen-bond donors (Lipinski definition) is 4. The molecule has 0 aliphatic carbocycles. The van der Waals surface area contributed by atoms with Crippen molar-refractivity contribution in [2.24, 2.45) is 0 Å². The van der Waals surface area contributed by atoms with Gasteiger partial charge >= 0.3 is 0 Å². The molecule has 4 atom stereocenters. The van der Waals surface area contributed by atoms with Gasteiger partial charge in [0.2, 0.25) is 5.91 Å². The lowest BCUT2D eigenvalue weighted by Crippen LogP contribution is -2.73. The second kappa shape index (κ2) is 11.4. The number of nitrogens with two attached hydrogens (primary N) is 1. The van der Waals surface area contributed by atoms with Crippen molar-refractivity contribution in [1.29, 1.82) is 5.41 Å². The second-order valence-electron chi connectivity index (χ2n) is 10.6. The van der Waals surface area contributed by atoms with Crippen LogP contribution in [0.1, 0.15) is 39.5 Å². The van der Waals surface area contributed by atoms with Gasteiger partial charge in [-0.05, 0) is 49.1 Å². The molecule has 0 radical (unpaired) electrons. The average Bonchev–Trinajstić information content (AvgIpc) is 3.29. The normalized spacial score (nSPS) is 21.0. The minimum Gasteiger partial charge on any atom is -0.398 e. The van der Waals surface area contributed by atoms with E-state index in [0.717, 1.165) is 22.9 Å². The van der Waals surface area contributed by atoms with Crippen LogP contribution in [-0.4, -0.2) is 67.8 Å². The van der Waals surface area contributed by atoms with E-state index in [9.17, 15) is 19.5 Å². The van der Waals surface area contributed by atoms with Gasteiger partial charge in [-0.1, -0.05) is 60.7 Å². The SMILES string of the molecule is Cc1ccccc1CN1C(=O)[C@H]2N(C(=O)[C@@H](O)[C@H](Cc3ccccc3)NC(=O)c3cccc(N)c3C=N)CSC21C. The number of anilines is 1. The third-order valence-corrected chi connectivity index (χ3v) is 9.44. The van der Waals surface area contributed by atoms with Gasteiger partial charge < -0.3 is 31.4 Å². The molecule has 3 amide bonds. The Morgan fingerprint density at radius 3 is 2.56 bits per heavy atom. The summed E-state index contributed by atoms with van der Waals surface area (Å²) in [5.74, 6) is -1.10. The van der Waals surface area contributed by atoms with Crippen LogP contribution in [0.3, 0.4) is 0 Å². The molecule has 2 heterocycles. The Labute approximate surface area is 243 Å². The van der Waals surface area contributed by atoms with Crippen molar-refractivity contribution in [2.45, 2.75) is 49.9 Å². The van der Waals surface area contributed by atoms with E-state index in [0.29, 0.717) is 6.54 Å². The van der Waals surface area contributed by atoms with E-state index < -0.39 is 34.9 Å². The van der Waals surface area contributed by atoms with Crippen molar-refractivity contribution in [3.05, 3.63) is 101 Å². The number of fused-ring (bicyclic) bond motifs is 1. The summed E-state index contributed by atoms with van der Waals surface area (Å²) >= 11 is 1.49. The number of nitrogens with zero attached hydrogens (tertiary/aromatic N) is 2. The second-order valence-corrected chi connectivity index (χ2v) is 11.9. The van der Waals surface area contributed by atoms with Crippen LogP contribution < -0.4 is 11.1 Å². The van der Waals surface area contributed by atoms with Crippen LogP contribution in [0.4, 0.5) is 5.69 Å². The highest BCUT2D eigenvalue weighted by molar-refractivity contribution is 8.01. The number of likely N-dealkylation sites (tertiary alicyclic amines) is 1. The molecule has 2 aliphatic rings. The number of aliphatic hydroxyl groups excluding tert-OH is 1. The number of aliphatic hydroxyl groups is 1. The van der Waals surface area contributed by atoms with Crippen LogP contribution in [-0.2, 0) is 22.6 Å². The van der Waals surface area contributed by atoms with Crippen molar-refractivity contribution >= 4 is 41.4 Å². The summed E-state index contributed by atoms with van der Waals surface area (Å²) in [6.45, 7) is 4.39. The van der Waals surface area contributed by atoms with Crippen LogP contribution >= 0.6 is 11.8 Å². The zero-order valence-electron chi connectivity index (χ0n) is 22.9. The number of carbonyl (C=O) groups is 3. The van der Waals surface area contributed by atoms with Gasteiger partial charge in [0.15, 0.2) is 6.10 Å². The molecule has 5 N–H and O–H groups in total. The Morgan fingerprint density at radius 1 is 1.15 bits per heavy atom. The third-order valence-electron chi connectivity index (χ3n) is 8.00. The molecule has 212 valence electrons. The first-order valence-corrected chi connectivity index (χ1v) is 14.4. The number of thioether (sulfide) groups is 1. The van der Waals surface area contributed by atoms with E-state index >= 15 is 0 Å². The zero-order valence-corrected chi connectivity index (χ0v) is 23.7. The smallest absolute Gasteiger partial charge is 0.255 e. The summed E-state index contributed by atoms with van der Waals surface area (Å²) in [5, 5.41) is 21.9. The minimum absolute atomic E-state index is 0.166. The zero-order chi connectivity index (χ0) is 29.3. The maximum atomic E-state index is 13.8. The molecule has 0 spiro atoms. The summed E-state index contributed by atoms with van der Waals surface area (Å²) in [4.78, 5) is 43.0. The Balaban J connectivity index is 1.36. The van der Waals surface area contributed by atoms with Gasteiger partial charge in [0.25, 0.3) is 11.8 Å². The summed E-state index contributed by atoms with van der Waals surface area (Å²) < 4.78 is 0. The van der Waals surface area contributed by atoms with Crippen molar-refractivity contribution in [3.63, 3.8) is 0 Å². The van der Waals surface area contributed by atoms with Gasteiger partial charge in [-0.3, -0.25) is 14.4 Å². The lowest BCUT2D eigenvalue weighted by Gasteiger charge is -2.53. The van der Waals surface area contributed by atoms with E-state index in [4.69, 9.17) is 11.1 Å². The van der Waals surface area contributed by atoms with Crippen LogP contribution in [0, 0.1) is 12.3 Å². The highest BCUT2D eigenvalue weighted by atomic mass is 32.2. The van der Waals surface area contributed by atoms with E-state index in [2.05, 4.69) is 5.32 Å². The number of nitrogens with one attached hydrogen (secondary N) is 2. The Morgan fingerprint density at radius 2 is 1.85 bits per heavy atom. The van der Waals surface area contributed by atoms with Crippen molar-refractivity contribution < 1.29 is 19.5 Å². The number of hydrogen-bond acceptors (Lipinski definition) is 7. The third kappa shape index (κ3) is 5.20. The molecular weight excluding hydrogens is 538 g/mol. The van der Waals surface area contributed by atoms with Crippen LogP contribution in [0.2, 0.25) is 0 Å². The standard InChI is InChI=1S/C31H33N5O4S/c1-19-9-6-7-12-21(19)17-36-30(40)27-31(36,2)41-18-35(27)29(39)26(37)25(15-20-10-4-3-5-11-20)34-28(38)22-13-8-14-24(33)23(22)16-32/h3-14,16,25-27,32,37H,15,17-18,33H2,1-2H3,(H,34,38)/t25-,26-,27+,31?/m0/s1. The first-order chi connectivity index (χ1) is 19.7. The summed E-state index contributed by atoms with van der Waals surface area (Å²) in [5.41, 5.74) is 9.61. The molecule has 2 aliphatic heterocycles. The van der Waals surface area contributed by atoms with E-state index in [1.807, 2.05) is 68.4 Å². The number of aryl methyl sites for hydroxylation is 1. The molecule has 0 saturated carbocycles. The van der Waals surface area contributed by atoms with E-state index in [1.54, 1.807) is 23.1 Å². The van der Waals surface area contributed by atoms with Crippen LogP contribution in [0.25, 0.3) is 0 Å². The maximum Gasteiger partial charge on any atom is 0.255 e. The molecule has 3 aromatic carbocycles. The molecular formula is C31H33N5O4S. The van der Waals surface area contributed by atoms with Crippen LogP contribution in [0.5, 0.6) is 0 Å². The van der Waals surface area contributed by atoms with Crippen molar-refractivity contribution in [3.8, 4) is 0 Å². The predicted octanol–water partition coefficient (Wildman–Crippen LogP) is 2.94. The maximum absolute atomic E-state index is 13.8. The lowest BCUT2D eigenvalue weighted by molar-refractivity contribution is -0.168. The number of amides is 3. The Bertz CT molecular complexity index is 1500. The highest BCUT2D eigenvalue weighted by Crippen LogP contribution is 2.51. The van der Waals surface area contributed by atoms with E-state index in [-0.39, 0.29) is 35.0 Å². The Kier molecular flexibility index (Phi) is 7.88. The predicted molar refractivity (Wildman–Crippen MR) is 159 cm³/mol. The monoisotopic (exact) mass is 571 g/mol. The molecule has 5 rings (SSSR count). The lowest BCUT2D eigenvalue weighted by atomic mass is 9.91. The minimum atomic E-state index is -1.61. The van der Waals surface area contributed by atoms with Gasteiger partial charge in [0.05, 0.1) is 17.5 Å². The number of rotatable bonds is 9. The molecule has 1 unspecified atom stereocenters. The van der Waals surface area contributed by atoms with Crippen molar-refractivity contribution in [2.75, 3.05) is 11.6 Å². The number of carbonyl (C=O) groups excluding carboxylic acids is 3. The summed E-state index contributed by atoms with van der Waals surface area (Å²) in [6, 6.07) is 20.2. The summed E-state index contributed by atoms with van der Waals surface area (Å²) in [7, 11) is 0. The molecule has 0 bridgehead atoms. The average molecular weight is 572 g/mol. The first-order valence-electron chi connectivity index (χ1n) is 13.4. The van der Waals surface area contributed by atoms with Crippen molar-refractivity contribution in [1.82, 2.24) is 15.1 Å². The first kappa shape index (κ1) is 28.4. The molecule has 2 saturated heterocycles. The molecule has 9 nitrogen and oxygen atoms in total. The van der Waals surface area contributed by atoms with Gasteiger partial charge in [0.1, 0.15) is 10.9 Å². The topological polar surface area (TPSA) is 140 Å². The van der Waals surface area contributed by atoms with Gasteiger partial charge in [0, 0.05) is 24.0 Å². The fraction of sp³-hybridized carbons (Fsp3) is 0.290. The quantitative estimate of drug-likeness (QED) is 0.177. The van der Waals surface area contributed by atoms with Gasteiger partial charge in [-0.25, -0.2) is 0 Å². The number of β-lactam (4-membered cyclic amide) rings is 1. The molecule has 3 aromatic rings. The number of nitrogen functional groups attached to an aromatic ring is 1. The highest BCUT2D eigenvalue weighted by Gasteiger charge is 2.65. The van der Waals surface area contributed by atoms with Gasteiger partial charge in [-0.2, -0.15) is 0 Å². The molecule has 41 heavy (non-hydrogen) atoms. The largest absolute Gasteiger partial charge is 0.398 e. The molecule has 2 fully saturated rings. The fourth-order valence-corrected chi connectivity index (χ4v) is 6.93. The van der Waals surface area contributed by atoms with Gasteiger partial charge in [-0.15, -0.1) is 11.8 Å². The Hall–Kier alpha value is -4.15. The van der Waals surface area contributed by atoms with E-state index in [1.165, 1.54) is 16.7 Å². The fourth-order valence-electron chi connectivity index (χ4n) is 5.55. The number of benzene rings is 3. The molecule has 10 heteroatoms. The molecule has 0 aromatic heterocycles. The summed E-state index contributed by atoms with van der Waals surface area (Å²) in [6.07, 6.45) is -0.423.